The topological polar surface area (TPSA) is 80.0 Å². The molecule has 0 aliphatic heterocycles. The first kappa shape index (κ1) is 16.6. The molecule has 1 aromatic heterocycles. The minimum Gasteiger partial charge on any atom is -0.396 e. The summed E-state index contributed by atoms with van der Waals surface area (Å²) in [7, 11) is 3.75. The third-order valence-corrected chi connectivity index (χ3v) is 3.52. The van der Waals surface area contributed by atoms with E-state index in [1.54, 1.807) is 12.1 Å². The van der Waals surface area contributed by atoms with E-state index in [9.17, 15) is 0 Å². The average molecular weight is 341 g/mol. The Bertz CT molecular complexity index is 638. The standard InChI is InChI=1S/C14H18Cl2N6/c1-7(2)12-19-13(21-14(20-12)22(3)4)18-8-5-9(15)11(17)10(16)6-8/h5-7H,17H2,1-4H3,(H,18,19,20,21). The van der Waals surface area contributed by atoms with Crippen LogP contribution in [0.4, 0.5) is 23.3 Å². The SMILES string of the molecule is CC(C)c1nc(Nc2cc(Cl)c(N)c(Cl)c2)nc(N(C)C)n1. The van der Waals surface area contributed by atoms with Gasteiger partial charge in [0, 0.05) is 25.7 Å². The molecule has 0 unspecified atom stereocenters. The van der Waals surface area contributed by atoms with Gasteiger partial charge < -0.3 is 16.0 Å². The van der Waals surface area contributed by atoms with Crippen molar-refractivity contribution < 1.29 is 0 Å². The van der Waals surface area contributed by atoms with E-state index in [0.29, 0.717) is 39.1 Å². The summed E-state index contributed by atoms with van der Waals surface area (Å²) in [4.78, 5) is 15.0. The van der Waals surface area contributed by atoms with Crippen molar-refractivity contribution >= 4 is 46.5 Å². The Hall–Kier alpha value is -1.79. The van der Waals surface area contributed by atoms with Gasteiger partial charge in [0.2, 0.25) is 11.9 Å². The molecular weight excluding hydrogens is 323 g/mol. The van der Waals surface area contributed by atoms with Crippen molar-refractivity contribution in [2.75, 3.05) is 30.0 Å². The van der Waals surface area contributed by atoms with Crippen molar-refractivity contribution in [2.45, 2.75) is 19.8 Å². The molecule has 0 fully saturated rings. The van der Waals surface area contributed by atoms with E-state index in [1.807, 2.05) is 32.8 Å². The van der Waals surface area contributed by atoms with Crippen LogP contribution in [0.25, 0.3) is 0 Å². The van der Waals surface area contributed by atoms with Gasteiger partial charge in [-0.1, -0.05) is 37.0 Å². The number of nitrogens with zero attached hydrogens (tertiary/aromatic N) is 4. The first-order valence-electron chi connectivity index (χ1n) is 6.72. The Morgan fingerprint density at radius 3 is 2.18 bits per heavy atom. The second kappa shape index (κ2) is 6.54. The fourth-order valence-corrected chi connectivity index (χ4v) is 2.17. The zero-order valence-corrected chi connectivity index (χ0v) is 14.4. The summed E-state index contributed by atoms with van der Waals surface area (Å²) in [5.74, 6) is 1.89. The van der Waals surface area contributed by atoms with Crippen LogP contribution in [0.2, 0.25) is 10.0 Å². The monoisotopic (exact) mass is 340 g/mol. The first-order valence-corrected chi connectivity index (χ1v) is 7.48. The minimum absolute atomic E-state index is 0.181. The number of nitrogens with two attached hydrogens (primary N) is 1. The third-order valence-electron chi connectivity index (χ3n) is 2.89. The molecule has 1 aromatic carbocycles. The zero-order chi connectivity index (χ0) is 16.4. The highest BCUT2D eigenvalue weighted by atomic mass is 35.5. The molecule has 0 atom stereocenters. The van der Waals surface area contributed by atoms with Crippen LogP contribution in [0, 0.1) is 0 Å². The van der Waals surface area contributed by atoms with E-state index in [4.69, 9.17) is 28.9 Å². The molecule has 8 heteroatoms. The van der Waals surface area contributed by atoms with Crippen LogP contribution in [0.3, 0.4) is 0 Å². The summed E-state index contributed by atoms with van der Waals surface area (Å²) in [6.07, 6.45) is 0. The Labute approximate surface area is 139 Å². The Kier molecular flexibility index (Phi) is 4.93. The summed E-state index contributed by atoms with van der Waals surface area (Å²) < 4.78 is 0. The Morgan fingerprint density at radius 2 is 1.68 bits per heavy atom. The van der Waals surface area contributed by atoms with Crippen molar-refractivity contribution in [1.29, 1.82) is 0 Å². The lowest BCUT2D eigenvalue weighted by Crippen LogP contribution is -2.16. The van der Waals surface area contributed by atoms with Crippen molar-refractivity contribution in [2.24, 2.45) is 0 Å². The van der Waals surface area contributed by atoms with E-state index in [0.717, 1.165) is 0 Å². The fraction of sp³-hybridized carbons (Fsp3) is 0.357. The normalized spacial score (nSPS) is 10.9. The lowest BCUT2D eigenvalue weighted by Gasteiger charge is -2.15. The predicted octanol–water partition coefficient (Wildman–Crippen LogP) is 3.69. The number of benzene rings is 1. The first-order chi connectivity index (χ1) is 10.3. The summed E-state index contributed by atoms with van der Waals surface area (Å²) in [6.45, 7) is 4.05. The number of nitrogens with one attached hydrogen (secondary N) is 1. The highest BCUT2D eigenvalue weighted by Gasteiger charge is 2.12. The van der Waals surface area contributed by atoms with Gasteiger partial charge in [0.1, 0.15) is 5.82 Å². The molecule has 3 N–H and O–H groups in total. The molecule has 22 heavy (non-hydrogen) atoms. The smallest absolute Gasteiger partial charge is 0.232 e. The number of nitrogen functional groups attached to an aromatic ring is 1. The minimum atomic E-state index is 0.181. The maximum absolute atomic E-state index is 6.04. The molecule has 1 heterocycles. The van der Waals surface area contributed by atoms with E-state index < -0.39 is 0 Å². The quantitative estimate of drug-likeness (QED) is 0.826. The second-order valence-electron chi connectivity index (χ2n) is 5.34. The molecule has 0 amide bonds. The van der Waals surface area contributed by atoms with Crippen molar-refractivity contribution in [3.8, 4) is 0 Å². The summed E-state index contributed by atoms with van der Waals surface area (Å²) >= 11 is 12.1. The molecule has 0 aliphatic carbocycles. The Balaban J connectivity index is 2.40. The van der Waals surface area contributed by atoms with Crippen LogP contribution in [0.1, 0.15) is 25.6 Å². The Morgan fingerprint density at radius 1 is 1.09 bits per heavy atom. The number of aromatic nitrogens is 3. The lowest BCUT2D eigenvalue weighted by molar-refractivity contribution is 0.757. The number of halogens is 2. The van der Waals surface area contributed by atoms with E-state index in [-0.39, 0.29) is 5.92 Å². The maximum Gasteiger partial charge on any atom is 0.232 e. The van der Waals surface area contributed by atoms with Gasteiger partial charge in [0.25, 0.3) is 0 Å². The highest BCUT2D eigenvalue weighted by molar-refractivity contribution is 6.39. The number of rotatable bonds is 4. The lowest BCUT2D eigenvalue weighted by atomic mass is 10.2. The van der Waals surface area contributed by atoms with Gasteiger partial charge in [-0.05, 0) is 12.1 Å². The second-order valence-corrected chi connectivity index (χ2v) is 6.16. The van der Waals surface area contributed by atoms with Gasteiger partial charge in [0.05, 0.1) is 15.7 Å². The van der Waals surface area contributed by atoms with Crippen molar-refractivity contribution in [3.05, 3.63) is 28.0 Å². The van der Waals surface area contributed by atoms with Gasteiger partial charge in [0.15, 0.2) is 0 Å². The molecule has 118 valence electrons. The molecule has 0 aliphatic rings. The molecule has 2 rings (SSSR count). The van der Waals surface area contributed by atoms with Crippen LogP contribution < -0.4 is 16.0 Å². The van der Waals surface area contributed by atoms with Gasteiger partial charge >= 0.3 is 0 Å². The number of anilines is 4. The van der Waals surface area contributed by atoms with Gasteiger partial charge in [-0.15, -0.1) is 0 Å². The summed E-state index contributed by atoms with van der Waals surface area (Å²) in [6, 6.07) is 3.36. The number of hydrogen-bond acceptors (Lipinski definition) is 6. The van der Waals surface area contributed by atoms with Crippen molar-refractivity contribution in [3.63, 3.8) is 0 Å². The van der Waals surface area contributed by atoms with Crippen LogP contribution >= 0.6 is 23.2 Å². The third kappa shape index (κ3) is 3.69. The average Bonchev–Trinajstić information content (AvgIpc) is 2.44. The predicted molar refractivity (Wildman–Crippen MR) is 92.4 cm³/mol. The van der Waals surface area contributed by atoms with Gasteiger partial charge in [-0.25, -0.2) is 0 Å². The van der Waals surface area contributed by atoms with Gasteiger partial charge in [-0.3, -0.25) is 0 Å². The van der Waals surface area contributed by atoms with Crippen LogP contribution in [-0.2, 0) is 0 Å². The highest BCUT2D eigenvalue weighted by Crippen LogP contribution is 2.32. The molecule has 6 nitrogen and oxygen atoms in total. The summed E-state index contributed by atoms with van der Waals surface area (Å²) in [5.41, 5.74) is 6.74. The number of hydrogen-bond donors (Lipinski definition) is 2. The van der Waals surface area contributed by atoms with Crippen LogP contribution in [0.15, 0.2) is 12.1 Å². The summed E-state index contributed by atoms with van der Waals surface area (Å²) in [5, 5.41) is 3.84. The van der Waals surface area contributed by atoms with E-state index >= 15 is 0 Å². The molecular formula is C14H18Cl2N6. The van der Waals surface area contributed by atoms with E-state index in [2.05, 4.69) is 20.3 Å². The maximum atomic E-state index is 6.04. The largest absolute Gasteiger partial charge is 0.396 e. The zero-order valence-electron chi connectivity index (χ0n) is 12.9. The van der Waals surface area contributed by atoms with Crippen LogP contribution in [-0.4, -0.2) is 29.0 Å². The molecule has 0 radical (unpaired) electrons. The fourth-order valence-electron chi connectivity index (χ4n) is 1.68. The van der Waals surface area contributed by atoms with E-state index in [1.165, 1.54) is 0 Å². The van der Waals surface area contributed by atoms with Gasteiger partial charge in [-0.2, -0.15) is 15.0 Å². The van der Waals surface area contributed by atoms with Crippen LogP contribution in [0.5, 0.6) is 0 Å². The molecule has 0 saturated carbocycles. The molecule has 2 aromatic rings. The molecule has 0 bridgehead atoms. The molecule has 0 saturated heterocycles. The molecule has 0 spiro atoms. The van der Waals surface area contributed by atoms with Crippen molar-refractivity contribution in [1.82, 2.24) is 15.0 Å².